The largest absolute Gasteiger partial charge is 0.497 e. The minimum Gasteiger partial charge on any atom is -0.497 e. The normalized spacial score (nSPS) is 11.2. The van der Waals surface area contributed by atoms with E-state index in [0.29, 0.717) is 31.0 Å². The molecule has 0 fully saturated rings. The molecular formula is C19H27N3O4. The first-order valence-electron chi connectivity index (χ1n) is 8.44. The van der Waals surface area contributed by atoms with E-state index in [1.807, 2.05) is 12.1 Å². The first kappa shape index (κ1) is 21.3. The molecule has 0 saturated heterocycles. The van der Waals surface area contributed by atoms with E-state index < -0.39 is 6.04 Å². The van der Waals surface area contributed by atoms with E-state index in [9.17, 15) is 9.59 Å². The van der Waals surface area contributed by atoms with Crippen molar-refractivity contribution in [2.24, 2.45) is 0 Å². The van der Waals surface area contributed by atoms with Crippen LogP contribution in [0.4, 0.5) is 0 Å². The van der Waals surface area contributed by atoms with Crippen LogP contribution in [0.5, 0.6) is 11.5 Å². The molecule has 1 atom stereocenters. The van der Waals surface area contributed by atoms with Gasteiger partial charge in [-0.1, -0.05) is 6.07 Å². The molecule has 7 nitrogen and oxygen atoms in total. The first-order valence-corrected chi connectivity index (χ1v) is 8.44. The van der Waals surface area contributed by atoms with Crippen LogP contribution in [-0.4, -0.2) is 45.2 Å². The maximum atomic E-state index is 12.1. The zero-order valence-corrected chi connectivity index (χ0v) is 15.6. The predicted octanol–water partition coefficient (Wildman–Crippen LogP) is 0.828. The van der Waals surface area contributed by atoms with Crippen molar-refractivity contribution in [1.82, 2.24) is 16.0 Å². The molecule has 7 heteroatoms. The van der Waals surface area contributed by atoms with Crippen LogP contribution in [-0.2, 0) is 16.1 Å². The monoisotopic (exact) mass is 361 g/mol. The van der Waals surface area contributed by atoms with Crippen LogP contribution in [0.1, 0.15) is 25.3 Å². The number of rotatable bonds is 11. The third kappa shape index (κ3) is 7.45. The molecule has 0 aliphatic rings. The molecule has 0 heterocycles. The minimum absolute atomic E-state index is 0.0627. The Labute approximate surface area is 154 Å². The highest BCUT2D eigenvalue weighted by molar-refractivity contribution is 5.87. The lowest BCUT2D eigenvalue weighted by molar-refractivity contribution is -0.127. The molecule has 1 rings (SSSR count). The van der Waals surface area contributed by atoms with E-state index in [4.69, 9.17) is 15.9 Å². The summed E-state index contributed by atoms with van der Waals surface area (Å²) in [5.41, 5.74) is 0.902. The molecule has 0 aliphatic carbocycles. The van der Waals surface area contributed by atoms with E-state index in [0.717, 1.165) is 12.0 Å². The van der Waals surface area contributed by atoms with Crippen molar-refractivity contribution < 1.29 is 19.1 Å². The average molecular weight is 361 g/mol. The number of nitrogens with one attached hydrogen (secondary N) is 3. The molecular weight excluding hydrogens is 334 g/mol. The van der Waals surface area contributed by atoms with Crippen molar-refractivity contribution in [2.45, 2.75) is 32.4 Å². The van der Waals surface area contributed by atoms with E-state index in [2.05, 4.69) is 21.9 Å². The Morgan fingerprint density at radius 1 is 1.23 bits per heavy atom. The summed E-state index contributed by atoms with van der Waals surface area (Å²) in [6.45, 7) is 2.62. The predicted molar refractivity (Wildman–Crippen MR) is 99.9 cm³/mol. The second-order valence-electron chi connectivity index (χ2n) is 5.66. The van der Waals surface area contributed by atoms with Crippen LogP contribution in [0.25, 0.3) is 0 Å². The molecule has 142 valence electrons. The number of benzene rings is 1. The van der Waals surface area contributed by atoms with Crippen molar-refractivity contribution in [1.29, 1.82) is 0 Å². The van der Waals surface area contributed by atoms with Crippen LogP contribution < -0.4 is 25.4 Å². The van der Waals surface area contributed by atoms with E-state index >= 15 is 0 Å². The molecule has 0 bridgehead atoms. The zero-order valence-electron chi connectivity index (χ0n) is 15.6. The van der Waals surface area contributed by atoms with Crippen LogP contribution in [0, 0.1) is 12.3 Å². The molecule has 0 saturated carbocycles. The summed E-state index contributed by atoms with van der Waals surface area (Å²) in [5.74, 6) is 3.39. The van der Waals surface area contributed by atoms with Crippen molar-refractivity contribution in [3.05, 3.63) is 23.8 Å². The number of terminal acetylenes is 1. The van der Waals surface area contributed by atoms with Gasteiger partial charge in [0, 0.05) is 31.1 Å². The highest BCUT2D eigenvalue weighted by Crippen LogP contribution is 2.24. The summed E-state index contributed by atoms with van der Waals surface area (Å²) in [4.78, 5) is 23.7. The van der Waals surface area contributed by atoms with Crippen molar-refractivity contribution in [3.8, 4) is 23.8 Å². The number of carbonyl (C=O) groups excluding carboxylic acids is 2. The average Bonchev–Trinajstić information content (AvgIpc) is 2.67. The molecule has 26 heavy (non-hydrogen) atoms. The second kappa shape index (κ2) is 11.8. The molecule has 2 amide bonds. The van der Waals surface area contributed by atoms with Gasteiger partial charge in [-0.15, -0.1) is 12.3 Å². The third-order valence-electron chi connectivity index (χ3n) is 3.73. The molecule has 0 unspecified atom stereocenters. The van der Waals surface area contributed by atoms with Gasteiger partial charge < -0.3 is 25.4 Å². The number of methoxy groups -OCH3 is 2. The van der Waals surface area contributed by atoms with Crippen LogP contribution >= 0.6 is 0 Å². The Hall–Kier alpha value is -2.72. The van der Waals surface area contributed by atoms with Crippen molar-refractivity contribution >= 4 is 11.8 Å². The van der Waals surface area contributed by atoms with Gasteiger partial charge in [0.15, 0.2) is 0 Å². The maximum Gasteiger partial charge on any atom is 0.239 e. The summed E-state index contributed by atoms with van der Waals surface area (Å²) >= 11 is 0. The van der Waals surface area contributed by atoms with Gasteiger partial charge in [-0.25, -0.2) is 0 Å². The zero-order chi connectivity index (χ0) is 19.4. The fraction of sp³-hybridized carbons (Fsp3) is 0.474. The van der Waals surface area contributed by atoms with Crippen molar-refractivity contribution in [2.75, 3.05) is 27.3 Å². The smallest absolute Gasteiger partial charge is 0.239 e. The van der Waals surface area contributed by atoms with E-state index in [-0.39, 0.29) is 18.4 Å². The fourth-order valence-corrected chi connectivity index (χ4v) is 2.15. The Balaban J connectivity index is 2.38. The number of unbranched alkanes of at least 4 members (excludes halogenated alkanes) is 1. The molecule has 0 radical (unpaired) electrons. The van der Waals surface area contributed by atoms with E-state index in [1.165, 1.54) is 0 Å². The Morgan fingerprint density at radius 3 is 2.65 bits per heavy atom. The van der Waals surface area contributed by atoms with Crippen LogP contribution in [0.15, 0.2) is 18.2 Å². The number of hydrogen-bond donors (Lipinski definition) is 3. The van der Waals surface area contributed by atoms with Gasteiger partial charge in [-0.2, -0.15) is 0 Å². The summed E-state index contributed by atoms with van der Waals surface area (Å²) in [5, 5.41) is 8.41. The Bertz CT molecular complexity index is 640. The minimum atomic E-state index is -0.462. The second-order valence-corrected chi connectivity index (χ2v) is 5.66. The lowest BCUT2D eigenvalue weighted by atomic mass is 10.1. The molecule has 0 aliphatic heterocycles. The molecule has 1 aromatic rings. The number of ether oxygens (including phenoxy) is 2. The lowest BCUT2D eigenvalue weighted by Gasteiger charge is -2.16. The molecule has 0 spiro atoms. The molecule has 1 aromatic carbocycles. The van der Waals surface area contributed by atoms with Gasteiger partial charge in [0.25, 0.3) is 0 Å². The summed E-state index contributed by atoms with van der Waals surface area (Å²) in [6.07, 6.45) is 6.47. The number of hydrogen-bond acceptors (Lipinski definition) is 5. The topological polar surface area (TPSA) is 88.7 Å². The van der Waals surface area contributed by atoms with E-state index in [1.54, 1.807) is 27.2 Å². The van der Waals surface area contributed by atoms with Gasteiger partial charge in [0.1, 0.15) is 11.5 Å². The lowest BCUT2D eigenvalue weighted by Crippen LogP contribution is -2.45. The maximum absolute atomic E-state index is 12.1. The quantitative estimate of drug-likeness (QED) is 0.401. The van der Waals surface area contributed by atoms with Crippen LogP contribution in [0.2, 0.25) is 0 Å². The standard InChI is InChI=1S/C19H27N3O4/c1-5-6-7-10-20-18(23)13-22-19(24)14(2)21-12-15-8-9-16(25-3)11-17(15)26-4/h1,8-9,11,14,21H,6-7,10,12-13H2,2-4H3,(H,20,23)(H,22,24)/t14-/m0/s1. The summed E-state index contributed by atoms with van der Waals surface area (Å²) in [6, 6.07) is 5.02. The van der Waals surface area contributed by atoms with Gasteiger partial charge in [-0.3, -0.25) is 9.59 Å². The Morgan fingerprint density at radius 2 is 2.00 bits per heavy atom. The van der Waals surface area contributed by atoms with Crippen LogP contribution in [0.3, 0.4) is 0 Å². The number of carbonyl (C=O) groups is 2. The Kier molecular flexibility index (Phi) is 9.65. The van der Waals surface area contributed by atoms with Gasteiger partial charge in [0.05, 0.1) is 26.8 Å². The highest BCUT2D eigenvalue weighted by atomic mass is 16.5. The summed E-state index contributed by atoms with van der Waals surface area (Å²) in [7, 11) is 3.17. The van der Waals surface area contributed by atoms with Crippen molar-refractivity contribution in [3.63, 3.8) is 0 Å². The third-order valence-corrected chi connectivity index (χ3v) is 3.73. The summed E-state index contributed by atoms with van der Waals surface area (Å²) < 4.78 is 10.5. The molecule has 0 aromatic heterocycles. The van der Waals surface area contributed by atoms with Gasteiger partial charge in [-0.05, 0) is 19.4 Å². The molecule has 3 N–H and O–H groups in total. The highest BCUT2D eigenvalue weighted by Gasteiger charge is 2.14. The van der Waals surface area contributed by atoms with Gasteiger partial charge >= 0.3 is 0 Å². The SMILES string of the molecule is C#CCCCNC(=O)CNC(=O)[C@H](C)NCc1ccc(OC)cc1OC. The number of amides is 2. The first-order chi connectivity index (χ1) is 12.5. The van der Waals surface area contributed by atoms with Gasteiger partial charge in [0.2, 0.25) is 11.8 Å². The fourth-order valence-electron chi connectivity index (χ4n) is 2.15.